The average Bonchev–Trinajstić information content (AvgIpc) is 2.87. The van der Waals surface area contributed by atoms with E-state index in [-0.39, 0.29) is 13.2 Å². The topological polar surface area (TPSA) is 103 Å². The zero-order valence-corrected chi connectivity index (χ0v) is 23.8. The number of ether oxygens (including phenoxy) is 4. The summed E-state index contributed by atoms with van der Waals surface area (Å²) in [6.07, 6.45) is 3.00. The van der Waals surface area contributed by atoms with Crippen LogP contribution in [0, 0.1) is 0 Å². The maximum Gasteiger partial charge on any atom is 0.336 e. The minimum absolute atomic E-state index is 0.178. The average molecular weight is 541 g/mol. The SMILES string of the molecule is CCOC(=O)C1=C(C)NC(CN2CCOCC2)=C(C(=O)OCC)C1c1ccccc1/C=C/C(=O)OC(C)(C)C. The maximum atomic E-state index is 13.6. The summed E-state index contributed by atoms with van der Waals surface area (Å²) in [4.78, 5) is 41.6. The number of morpholine rings is 1. The van der Waals surface area contributed by atoms with Crippen LogP contribution in [0.2, 0.25) is 0 Å². The highest BCUT2D eigenvalue weighted by Crippen LogP contribution is 2.41. The standard InChI is InChI=1S/C30H40N2O7/c1-7-37-28(34)25-20(3)31-23(19-32-15-17-36-18-16-32)27(29(35)38-8-2)26(25)22-12-10-9-11-21(22)13-14-24(33)39-30(4,5)6/h9-14,26,31H,7-8,15-19H2,1-6H3/b14-13+. The van der Waals surface area contributed by atoms with E-state index in [0.29, 0.717) is 66.5 Å². The molecule has 2 heterocycles. The summed E-state index contributed by atoms with van der Waals surface area (Å²) >= 11 is 0. The molecule has 2 aliphatic heterocycles. The fourth-order valence-electron chi connectivity index (χ4n) is 4.66. The zero-order valence-electron chi connectivity index (χ0n) is 23.8. The second-order valence-electron chi connectivity index (χ2n) is 10.3. The Bertz CT molecular complexity index is 1150. The van der Waals surface area contributed by atoms with Crippen molar-refractivity contribution in [1.82, 2.24) is 10.2 Å². The highest BCUT2D eigenvalue weighted by atomic mass is 16.6. The van der Waals surface area contributed by atoms with Crippen LogP contribution in [0.25, 0.3) is 6.08 Å². The molecule has 9 heteroatoms. The number of hydrogen-bond donors (Lipinski definition) is 1. The van der Waals surface area contributed by atoms with Gasteiger partial charge in [0.05, 0.1) is 43.5 Å². The molecule has 0 spiro atoms. The van der Waals surface area contributed by atoms with Crippen LogP contribution in [0.15, 0.2) is 52.9 Å². The third-order valence-corrected chi connectivity index (χ3v) is 6.23. The molecular weight excluding hydrogens is 500 g/mol. The van der Waals surface area contributed by atoms with E-state index in [0.717, 1.165) is 0 Å². The molecule has 1 atom stereocenters. The first-order valence-electron chi connectivity index (χ1n) is 13.4. The van der Waals surface area contributed by atoms with E-state index in [4.69, 9.17) is 18.9 Å². The lowest BCUT2D eigenvalue weighted by Gasteiger charge is -2.35. The molecular formula is C30H40N2O7. The first-order valence-corrected chi connectivity index (χ1v) is 13.4. The Hall–Kier alpha value is -3.43. The van der Waals surface area contributed by atoms with Crippen molar-refractivity contribution in [2.45, 2.75) is 53.1 Å². The monoisotopic (exact) mass is 540 g/mol. The van der Waals surface area contributed by atoms with E-state index >= 15 is 0 Å². The molecule has 1 aromatic carbocycles. The molecule has 0 amide bonds. The Kier molecular flexibility index (Phi) is 10.5. The molecule has 9 nitrogen and oxygen atoms in total. The summed E-state index contributed by atoms with van der Waals surface area (Å²) in [5.41, 5.74) is 2.62. The van der Waals surface area contributed by atoms with Crippen LogP contribution < -0.4 is 5.32 Å². The third kappa shape index (κ3) is 8.03. The minimum atomic E-state index is -0.778. The molecule has 0 radical (unpaired) electrons. The quantitative estimate of drug-likeness (QED) is 0.285. The van der Waals surface area contributed by atoms with Gasteiger partial charge in [0.1, 0.15) is 5.60 Å². The Morgan fingerprint density at radius 3 is 2.26 bits per heavy atom. The smallest absolute Gasteiger partial charge is 0.336 e. The number of esters is 3. The van der Waals surface area contributed by atoms with Gasteiger partial charge in [-0.3, -0.25) is 4.90 Å². The number of carbonyl (C=O) groups is 3. The normalized spacial score (nSPS) is 18.7. The summed E-state index contributed by atoms with van der Waals surface area (Å²) in [5, 5.41) is 3.32. The molecule has 0 aromatic heterocycles. The van der Waals surface area contributed by atoms with Gasteiger partial charge < -0.3 is 24.3 Å². The largest absolute Gasteiger partial charge is 0.463 e. The summed E-state index contributed by atoms with van der Waals surface area (Å²) < 4.78 is 21.9. The van der Waals surface area contributed by atoms with Crippen molar-refractivity contribution in [1.29, 1.82) is 0 Å². The van der Waals surface area contributed by atoms with Gasteiger partial charge in [0.2, 0.25) is 0 Å². The van der Waals surface area contributed by atoms with Crippen molar-refractivity contribution in [2.75, 3.05) is 46.1 Å². The molecule has 1 saturated heterocycles. The van der Waals surface area contributed by atoms with Crippen LogP contribution in [0.5, 0.6) is 0 Å². The molecule has 0 saturated carbocycles. The van der Waals surface area contributed by atoms with E-state index in [9.17, 15) is 14.4 Å². The van der Waals surface area contributed by atoms with Crippen molar-refractivity contribution >= 4 is 24.0 Å². The Labute approximate surface area is 230 Å². The number of nitrogens with one attached hydrogen (secondary N) is 1. The maximum absolute atomic E-state index is 13.6. The predicted molar refractivity (Wildman–Crippen MR) is 147 cm³/mol. The Balaban J connectivity index is 2.17. The van der Waals surface area contributed by atoms with Crippen molar-refractivity contribution in [3.8, 4) is 0 Å². The number of allylic oxidation sites excluding steroid dienone is 1. The Morgan fingerprint density at radius 1 is 1.03 bits per heavy atom. The molecule has 3 rings (SSSR count). The lowest BCUT2D eigenvalue weighted by Crippen LogP contribution is -2.42. The van der Waals surface area contributed by atoms with Crippen molar-refractivity contribution in [3.05, 3.63) is 64.0 Å². The summed E-state index contributed by atoms with van der Waals surface area (Å²) in [6, 6.07) is 7.36. The second kappa shape index (κ2) is 13.6. The molecule has 1 unspecified atom stereocenters. The number of dihydropyridines is 1. The molecule has 212 valence electrons. The number of benzene rings is 1. The fourth-order valence-corrected chi connectivity index (χ4v) is 4.66. The molecule has 0 bridgehead atoms. The number of hydrogen-bond acceptors (Lipinski definition) is 9. The van der Waals surface area contributed by atoms with Crippen molar-refractivity contribution < 1.29 is 33.3 Å². The zero-order chi connectivity index (χ0) is 28.6. The number of nitrogens with zero attached hydrogens (tertiary/aromatic N) is 1. The first-order chi connectivity index (χ1) is 18.6. The molecule has 1 aromatic rings. The van der Waals surface area contributed by atoms with Crippen LogP contribution in [0.1, 0.15) is 58.6 Å². The second-order valence-corrected chi connectivity index (χ2v) is 10.3. The predicted octanol–water partition coefficient (Wildman–Crippen LogP) is 3.71. The van der Waals surface area contributed by atoms with Gasteiger partial charge in [0.15, 0.2) is 0 Å². The van der Waals surface area contributed by atoms with Crippen LogP contribution in [0.4, 0.5) is 0 Å². The van der Waals surface area contributed by atoms with E-state index in [1.807, 2.05) is 24.3 Å². The minimum Gasteiger partial charge on any atom is -0.463 e. The van der Waals surface area contributed by atoms with Gasteiger partial charge in [0, 0.05) is 37.1 Å². The van der Waals surface area contributed by atoms with E-state index in [1.165, 1.54) is 6.08 Å². The van der Waals surface area contributed by atoms with E-state index in [1.54, 1.807) is 47.6 Å². The van der Waals surface area contributed by atoms with Gasteiger partial charge in [-0.15, -0.1) is 0 Å². The Morgan fingerprint density at radius 2 is 1.64 bits per heavy atom. The van der Waals surface area contributed by atoms with E-state index in [2.05, 4.69) is 10.2 Å². The molecule has 39 heavy (non-hydrogen) atoms. The van der Waals surface area contributed by atoms with Gasteiger partial charge in [-0.2, -0.15) is 0 Å². The van der Waals surface area contributed by atoms with Gasteiger partial charge in [-0.25, -0.2) is 14.4 Å². The van der Waals surface area contributed by atoms with Gasteiger partial charge in [-0.05, 0) is 58.7 Å². The molecule has 1 N–H and O–H groups in total. The third-order valence-electron chi connectivity index (χ3n) is 6.23. The number of carbonyl (C=O) groups excluding carboxylic acids is 3. The summed E-state index contributed by atoms with van der Waals surface area (Å²) in [6.45, 7) is 14.1. The lowest BCUT2D eigenvalue weighted by molar-refractivity contribution is -0.148. The lowest BCUT2D eigenvalue weighted by atomic mass is 9.78. The highest BCUT2D eigenvalue weighted by Gasteiger charge is 2.40. The van der Waals surface area contributed by atoms with Crippen LogP contribution >= 0.6 is 0 Å². The summed E-state index contributed by atoms with van der Waals surface area (Å²) in [5.74, 6) is -2.31. The van der Waals surface area contributed by atoms with Crippen molar-refractivity contribution in [3.63, 3.8) is 0 Å². The molecule has 1 fully saturated rings. The van der Waals surface area contributed by atoms with Gasteiger partial charge in [-0.1, -0.05) is 24.3 Å². The highest BCUT2D eigenvalue weighted by molar-refractivity contribution is 6.00. The first kappa shape index (κ1) is 30.1. The van der Waals surface area contributed by atoms with Gasteiger partial charge >= 0.3 is 17.9 Å². The van der Waals surface area contributed by atoms with Crippen LogP contribution in [-0.2, 0) is 33.3 Å². The summed E-state index contributed by atoms with van der Waals surface area (Å²) in [7, 11) is 0. The van der Waals surface area contributed by atoms with Gasteiger partial charge in [0.25, 0.3) is 0 Å². The van der Waals surface area contributed by atoms with Crippen molar-refractivity contribution in [2.24, 2.45) is 0 Å². The molecule has 0 aliphatic carbocycles. The van der Waals surface area contributed by atoms with Crippen LogP contribution in [-0.4, -0.2) is 74.5 Å². The molecule has 2 aliphatic rings. The van der Waals surface area contributed by atoms with Crippen LogP contribution in [0.3, 0.4) is 0 Å². The fraction of sp³-hybridized carbons (Fsp3) is 0.500. The number of rotatable bonds is 9. The van der Waals surface area contributed by atoms with E-state index < -0.39 is 29.4 Å².